The van der Waals surface area contributed by atoms with Gasteiger partial charge in [-0.1, -0.05) is 0 Å². The SMILES string of the molecule is CN(CC1CCCO1)C(=O)CCNS(=O)(=O)c1ccc(OC(F)(F)F)cc1. The molecule has 0 bridgehead atoms. The van der Waals surface area contributed by atoms with Gasteiger partial charge < -0.3 is 14.4 Å². The maximum Gasteiger partial charge on any atom is 0.573 e. The molecule has 1 aromatic carbocycles. The van der Waals surface area contributed by atoms with Crippen LogP contribution in [0.1, 0.15) is 19.3 Å². The van der Waals surface area contributed by atoms with Crippen molar-refractivity contribution in [1.82, 2.24) is 9.62 Å². The topological polar surface area (TPSA) is 84.9 Å². The molecule has 1 N–H and O–H groups in total. The number of carbonyl (C=O) groups excluding carboxylic acids is 1. The van der Waals surface area contributed by atoms with Gasteiger partial charge in [0, 0.05) is 33.2 Å². The number of likely N-dealkylation sites (N-methyl/N-ethyl adjacent to an activating group) is 1. The van der Waals surface area contributed by atoms with E-state index in [-0.39, 0.29) is 29.9 Å². The number of alkyl halides is 3. The third kappa shape index (κ3) is 7.00. The first-order chi connectivity index (χ1) is 12.6. The van der Waals surface area contributed by atoms with Crippen LogP contribution in [0.25, 0.3) is 0 Å². The summed E-state index contributed by atoms with van der Waals surface area (Å²) in [5, 5.41) is 0. The van der Waals surface area contributed by atoms with E-state index in [1.54, 1.807) is 7.05 Å². The number of halogens is 3. The zero-order valence-corrected chi connectivity index (χ0v) is 15.5. The van der Waals surface area contributed by atoms with Crippen molar-refractivity contribution >= 4 is 15.9 Å². The van der Waals surface area contributed by atoms with Gasteiger partial charge in [-0.15, -0.1) is 13.2 Å². The predicted octanol–water partition coefficient (Wildman–Crippen LogP) is 1.89. The number of hydrogen-bond donors (Lipinski definition) is 1. The molecule has 1 unspecified atom stereocenters. The first-order valence-corrected chi connectivity index (χ1v) is 9.76. The fourth-order valence-corrected chi connectivity index (χ4v) is 3.61. The summed E-state index contributed by atoms with van der Waals surface area (Å²) in [6, 6.07) is 3.80. The van der Waals surface area contributed by atoms with E-state index in [4.69, 9.17) is 4.74 Å². The molecule has 11 heteroatoms. The molecular weight excluding hydrogens is 389 g/mol. The molecule has 0 aromatic heterocycles. The van der Waals surface area contributed by atoms with Crippen molar-refractivity contribution in [3.63, 3.8) is 0 Å². The smallest absolute Gasteiger partial charge is 0.406 e. The maximum absolute atomic E-state index is 12.1. The highest BCUT2D eigenvalue weighted by Gasteiger charge is 2.31. The second-order valence-electron chi connectivity index (χ2n) is 6.08. The van der Waals surface area contributed by atoms with Crippen LogP contribution in [-0.2, 0) is 19.6 Å². The zero-order valence-electron chi connectivity index (χ0n) is 14.7. The fourth-order valence-electron chi connectivity index (χ4n) is 2.58. The Morgan fingerprint density at radius 2 is 2.00 bits per heavy atom. The molecule has 7 nitrogen and oxygen atoms in total. The van der Waals surface area contributed by atoms with E-state index in [0.717, 1.165) is 37.1 Å². The number of nitrogens with one attached hydrogen (secondary N) is 1. The third-order valence-electron chi connectivity index (χ3n) is 3.93. The first kappa shape index (κ1) is 21.5. The standard InChI is InChI=1S/C16H21F3N2O5S/c1-21(11-13-3-2-10-25-13)15(22)8-9-20-27(23,24)14-6-4-12(5-7-14)26-16(17,18)19/h4-7,13,20H,2-3,8-11H2,1H3. The number of rotatable bonds is 8. The number of ether oxygens (including phenoxy) is 2. The summed E-state index contributed by atoms with van der Waals surface area (Å²) in [4.78, 5) is 13.3. The molecule has 0 radical (unpaired) electrons. The summed E-state index contributed by atoms with van der Waals surface area (Å²) < 4.78 is 72.0. The number of carbonyl (C=O) groups is 1. The maximum atomic E-state index is 12.1. The molecule has 1 saturated heterocycles. The summed E-state index contributed by atoms with van der Waals surface area (Å²) in [7, 11) is -2.32. The van der Waals surface area contributed by atoms with Crippen LogP contribution in [0, 0.1) is 0 Å². The van der Waals surface area contributed by atoms with Crippen molar-refractivity contribution in [2.75, 3.05) is 26.7 Å². The van der Waals surface area contributed by atoms with Crippen LogP contribution in [0.15, 0.2) is 29.2 Å². The van der Waals surface area contributed by atoms with E-state index in [1.807, 2.05) is 0 Å². The Hall–Kier alpha value is -1.85. The largest absolute Gasteiger partial charge is 0.573 e. The van der Waals surface area contributed by atoms with Gasteiger partial charge in [0.25, 0.3) is 0 Å². The lowest BCUT2D eigenvalue weighted by Crippen LogP contribution is -2.36. The summed E-state index contributed by atoms with van der Waals surface area (Å²) >= 11 is 0. The highest BCUT2D eigenvalue weighted by molar-refractivity contribution is 7.89. The lowest BCUT2D eigenvalue weighted by molar-refractivity contribution is -0.274. The normalized spacial score (nSPS) is 17.7. The molecule has 152 valence electrons. The summed E-state index contributed by atoms with van der Waals surface area (Å²) in [5.74, 6) is -0.755. The molecule has 1 atom stereocenters. The molecule has 1 aromatic rings. The molecule has 1 heterocycles. The van der Waals surface area contributed by atoms with E-state index in [2.05, 4.69) is 9.46 Å². The van der Waals surface area contributed by atoms with Gasteiger partial charge in [-0.2, -0.15) is 0 Å². The minimum absolute atomic E-state index is 0.00748. The van der Waals surface area contributed by atoms with Gasteiger partial charge in [-0.05, 0) is 37.1 Å². The molecule has 0 saturated carbocycles. The minimum Gasteiger partial charge on any atom is -0.406 e. The summed E-state index contributed by atoms with van der Waals surface area (Å²) in [6.45, 7) is 1.00. The van der Waals surface area contributed by atoms with Crippen LogP contribution in [0.4, 0.5) is 13.2 Å². The Bertz CT molecular complexity index is 731. The summed E-state index contributed by atoms with van der Waals surface area (Å²) in [5.41, 5.74) is 0. The molecule has 1 aliphatic heterocycles. The van der Waals surface area contributed by atoms with Crippen molar-refractivity contribution in [3.05, 3.63) is 24.3 Å². The molecule has 0 aliphatic carbocycles. The van der Waals surface area contributed by atoms with E-state index in [9.17, 15) is 26.4 Å². The average molecular weight is 410 g/mol. The van der Waals surface area contributed by atoms with Crippen LogP contribution in [0.5, 0.6) is 5.75 Å². The molecule has 2 rings (SSSR count). The number of sulfonamides is 1. The Morgan fingerprint density at radius 1 is 1.33 bits per heavy atom. The zero-order chi connectivity index (χ0) is 20.1. The second kappa shape index (κ2) is 8.89. The highest BCUT2D eigenvalue weighted by Crippen LogP contribution is 2.23. The number of hydrogen-bond acceptors (Lipinski definition) is 5. The summed E-state index contributed by atoms with van der Waals surface area (Å²) in [6.07, 6.45) is -3.04. The van der Waals surface area contributed by atoms with Crippen LogP contribution >= 0.6 is 0 Å². The van der Waals surface area contributed by atoms with Gasteiger partial charge in [0.1, 0.15) is 5.75 Å². The number of nitrogens with zero attached hydrogens (tertiary/aromatic N) is 1. The minimum atomic E-state index is -4.85. The lowest BCUT2D eigenvalue weighted by atomic mass is 10.2. The van der Waals surface area contributed by atoms with E-state index in [0.29, 0.717) is 13.2 Å². The van der Waals surface area contributed by atoms with Gasteiger partial charge in [0.2, 0.25) is 15.9 Å². The monoisotopic (exact) mass is 410 g/mol. The van der Waals surface area contributed by atoms with Crippen molar-refractivity contribution < 1.29 is 35.9 Å². The fraction of sp³-hybridized carbons (Fsp3) is 0.562. The van der Waals surface area contributed by atoms with E-state index < -0.39 is 22.1 Å². The Balaban J connectivity index is 1.82. The molecular formula is C16H21F3N2O5S. The van der Waals surface area contributed by atoms with E-state index in [1.165, 1.54) is 4.90 Å². The third-order valence-corrected chi connectivity index (χ3v) is 5.40. The first-order valence-electron chi connectivity index (χ1n) is 8.28. The van der Waals surface area contributed by atoms with Gasteiger partial charge in [-0.25, -0.2) is 13.1 Å². The van der Waals surface area contributed by atoms with E-state index >= 15 is 0 Å². The van der Waals surface area contributed by atoms with Gasteiger partial charge in [0.05, 0.1) is 11.0 Å². The predicted molar refractivity (Wildman–Crippen MR) is 89.5 cm³/mol. The molecule has 1 fully saturated rings. The number of benzene rings is 1. The Morgan fingerprint density at radius 3 is 2.56 bits per heavy atom. The lowest BCUT2D eigenvalue weighted by Gasteiger charge is -2.20. The molecule has 0 spiro atoms. The van der Waals surface area contributed by atoms with Crippen LogP contribution < -0.4 is 9.46 Å². The van der Waals surface area contributed by atoms with Crippen molar-refractivity contribution in [2.24, 2.45) is 0 Å². The van der Waals surface area contributed by atoms with Crippen LogP contribution in [0.2, 0.25) is 0 Å². The second-order valence-corrected chi connectivity index (χ2v) is 7.84. The molecule has 1 amide bonds. The van der Waals surface area contributed by atoms with Crippen LogP contribution in [0.3, 0.4) is 0 Å². The highest BCUT2D eigenvalue weighted by atomic mass is 32.2. The van der Waals surface area contributed by atoms with Crippen molar-refractivity contribution in [2.45, 2.75) is 36.6 Å². The Kier molecular flexibility index (Phi) is 7.06. The van der Waals surface area contributed by atoms with Crippen LogP contribution in [-0.4, -0.2) is 58.4 Å². The average Bonchev–Trinajstić information content (AvgIpc) is 3.06. The van der Waals surface area contributed by atoms with Gasteiger partial charge in [0.15, 0.2) is 0 Å². The molecule has 1 aliphatic rings. The van der Waals surface area contributed by atoms with Crippen molar-refractivity contribution in [1.29, 1.82) is 0 Å². The number of amides is 1. The van der Waals surface area contributed by atoms with Gasteiger partial charge >= 0.3 is 6.36 Å². The Labute approximate surface area is 155 Å². The quantitative estimate of drug-likeness (QED) is 0.708. The van der Waals surface area contributed by atoms with Crippen molar-refractivity contribution in [3.8, 4) is 5.75 Å². The van der Waals surface area contributed by atoms with Gasteiger partial charge in [-0.3, -0.25) is 4.79 Å². The molecule has 27 heavy (non-hydrogen) atoms.